The first-order valence-corrected chi connectivity index (χ1v) is 7.63. The fourth-order valence-corrected chi connectivity index (χ4v) is 2.55. The average Bonchev–Trinajstić information content (AvgIpc) is 2.57. The predicted octanol–water partition coefficient (Wildman–Crippen LogP) is 2.94. The number of nitrogens with two attached hydrogens (primary N) is 1. The molecule has 0 amide bonds. The Morgan fingerprint density at radius 2 is 1.83 bits per heavy atom. The topological polar surface area (TPSA) is 68.0 Å². The lowest BCUT2D eigenvalue weighted by Gasteiger charge is -2.30. The van der Waals surface area contributed by atoms with Gasteiger partial charge in [-0.05, 0) is 48.9 Å². The fraction of sp³-hybridized carbons (Fsp3) is 0.333. The number of likely N-dealkylation sites (N-methyl/N-ethyl adjacent to an activating group) is 1. The maximum absolute atomic E-state index is 9.43. The van der Waals surface area contributed by atoms with Gasteiger partial charge in [0, 0.05) is 19.3 Å². The zero-order valence-corrected chi connectivity index (χ0v) is 13.8. The Labute approximate surface area is 137 Å². The third-order valence-electron chi connectivity index (χ3n) is 3.82. The second-order valence-electron chi connectivity index (χ2n) is 5.22. The van der Waals surface area contributed by atoms with Crippen molar-refractivity contribution in [2.24, 2.45) is 5.73 Å². The molecule has 0 saturated carbocycles. The van der Waals surface area contributed by atoms with Gasteiger partial charge in [-0.15, -0.1) is 0 Å². The summed E-state index contributed by atoms with van der Waals surface area (Å²) >= 11 is 0. The summed E-state index contributed by atoms with van der Waals surface area (Å²) in [4.78, 5) is 2.08. The second kappa shape index (κ2) is 7.74. The van der Waals surface area contributed by atoms with Crippen LogP contribution in [0.3, 0.4) is 0 Å². The van der Waals surface area contributed by atoms with Crippen molar-refractivity contribution in [2.45, 2.75) is 13.0 Å². The van der Waals surface area contributed by atoms with Gasteiger partial charge in [-0.3, -0.25) is 0 Å². The summed E-state index contributed by atoms with van der Waals surface area (Å²) in [5, 5.41) is 9.43. The van der Waals surface area contributed by atoms with Crippen molar-refractivity contribution in [1.82, 2.24) is 0 Å². The molecule has 0 fully saturated rings. The molecule has 5 heteroatoms. The van der Waals surface area contributed by atoms with Crippen molar-refractivity contribution in [2.75, 3.05) is 32.2 Å². The van der Waals surface area contributed by atoms with E-state index < -0.39 is 0 Å². The van der Waals surface area contributed by atoms with Crippen LogP contribution in [0.2, 0.25) is 0 Å². The van der Waals surface area contributed by atoms with Crippen LogP contribution in [-0.2, 0) is 0 Å². The van der Waals surface area contributed by atoms with E-state index in [0.717, 1.165) is 17.0 Å². The van der Waals surface area contributed by atoms with E-state index in [2.05, 4.69) is 4.90 Å². The number of hydrogen-bond acceptors (Lipinski definition) is 5. The lowest BCUT2D eigenvalue weighted by molar-refractivity contribution is 0.310. The number of methoxy groups -OCH3 is 1. The maximum atomic E-state index is 9.43. The van der Waals surface area contributed by atoms with Crippen LogP contribution >= 0.6 is 0 Å². The smallest absolute Gasteiger partial charge is 0.161 e. The highest BCUT2D eigenvalue weighted by Crippen LogP contribution is 2.33. The molecule has 0 radical (unpaired) electrons. The van der Waals surface area contributed by atoms with E-state index in [1.165, 1.54) is 0 Å². The van der Waals surface area contributed by atoms with Gasteiger partial charge in [-0.2, -0.15) is 0 Å². The van der Waals surface area contributed by atoms with E-state index in [1.54, 1.807) is 19.2 Å². The molecule has 5 nitrogen and oxygen atoms in total. The number of rotatable bonds is 7. The molecule has 3 N–H and O–H groups in total. The highest BCUT2D eigenvalue weighted by Gasteiger charge is 2.18. The van der Waals surface area contributed by atoms with E-state index in [-0.39, 0.29) is 11.8 Å². The van der Waals surface area contributed by atoms with Gasteiger partial charge < -0.3 is 25.2 Å². The number of hydrogen-bond donors (Lipinski definition) is 2. The van der Waals surface area contributed by atoms with Crippen LogP contribution in [0.1, 0.15) is 18.5 Å². The van der Waals surface area contributed by atoms with Crippen molar-refractivity contribution >= 4 is 5.69 Å². The minimum Gasteiger partial charge on any atom is -0.508 e. The standard InChI is InChI=1S/C18H24N2O3/c1-4-23-17-10-5-13(11-18(17)22-3)16(12-19)20(2)14-6-8-15(21)9-7-14/h5-11,16,21H,4,12,19H2,1-3H3. The van der Waals surface area contributed by atoms with Gasteiger partial charge in [0.2, 0.25) is 0 Å². The van der Waals surface area contributed by atoms with E-state index >= 15 is 0 Å². The third-order valence-corrected chi connectivity index (χ3v) is 3.82. The van der Waals surface area contributed by atoms with Crippen LogP contribution in [0.5, 0.6) is 17.2 Å². The van der Waals surface area contributed by atoms with Gasteiger partial charge in [-0.1, -0.05) is 6.07 Å². The molecule has 1 unspecified atom stereocenters. The van der Waals surface area contributed by atoms with Crippen LogP contribution in [0, 0.1) is 0 Å². The van der Waals surface area contributed by atoms with Gasteiger partial charge in [0.1, 0.15) is 5.75 Å². The van der Waals surface area contributed by atoms with Crippen molar-refractivity contribution < 1.29 is 14.6 Å². The molecule has 0 bridgehead atoms. The molecule has 0 aromatic heterocycles. The van der Waals surface area contributed by atoms with Crippen molar-refractivity contribution in [1.29, 1.82) is 0 Å². The van der Waals surface area contributed by atoms with Gasteiger partial charge >= 0.3 is 0 Å². The number of anilines is 1. The molecule has 0 aliphatic heterocycles. The molecule has 23 heavy (non-hydrogen) atoms. The number of benzene rings is 2. The van der Waals surface area contributed by atoms with Crippen LogP contribution in [0.25, 0.3) is 0 Å². The minimum absolute atomic E-state index is 0.0101. The number of ether oxygens (including phenoxy) is 2. The number of nitrogens with zero attached hydrogens (tertiary/aromatic N) is 1. The molecule has 0 heterocycles. The molecule has 2 rings (SSSR count). The summed E-state index contributed by atoms with van der Waals surface area (Å²) in [6.45, 7) is 2.98. The van der Waals surface area contributed by atoms with Crippen molar-refractivity contribution in [3.8, 4) is 17.2 Å². The summed E-state index contributed by atoms with van der Waals surface area (Å²) < 4.78 is 11.0. The van der Waals surface area contributed by atoms with Gasteiger partial charge in [-0.25, -0.2) is 0 Å². The highest BCUT2D eigenvalue weighted by molar-refractivity contribution is 5.52. The lowest BCUT2D eigenvalue weighted by atomic mass is 10.0. The maximum Gasteiger partial charge on any atom is 0.161 e. The summed E-state index contributed by atoms with van der Waals surface area (Å²) in [5.41, 5.74) is 8.02. The molecule has 0 aliphatic rings. The van der Waals surface area contributed by atoms with E-state index in [4.69, 9.17) is 15.2 Å². The summed E-state index contributed by atoms with van der Waals surface area (Å²) in [6, 6.07) is 12.9. The van der Waals surface area contributed by atoms with E-state index in [1.807, 2.05) is 44.3 Å². The quantitative estimate of drug-likeness (QED) is 0.822. The molecule has 124 valence electrons. The zero-order valence-electron chi connectivity index (χ0n) is 13.8. The first-order chi connectivity index (χ1) is 11.1. The molecule has 0 spiro atoms. The Bertz CT molecular complexity index is 629. The largest absolute Gasteiger partial charge is 0.508 e. The Morgan fingerprint density at radius 1 is 1.13 bits per heavy atom. The van der Waals surface area contributed by atoms with Crippen LogP contribution < -0.4 is 20.1 Å². The SMILES string of the molecule is CCOc1ccc(C(CN)N(C)c2ccc(O)cc2)cc1OC. The van der Waals surface area contributed by atoms with E-state index in [9.17, 15) is 5.11 Å². The van der Waals surface area contributed by atoms with Gasteiger partial charge in [0.05, 0.1) is 19.8 Å². The van der Waals surface area contributed by atoms with Crippen LogP contribution in [0.15, 0.2) is 42.5 Å². The summed E-state index contributed by atoms with van der Waals surface area (Å²) in [7, 11) is 3.61. The average molecular weight is 316 g/mol. The molecule has 2 aromatic carbocycles. The number of aromatic hydroxyl groups is 1. The first-order valence-electron chi connectivity index (χ1n) is 7.63. The molecule has 0 aliphatic carbocycles. The van der Waals surface area contributed by atoms with Crippen LogP contribution in [0.4, 0.5) is 5.69 Å². The van der Waals surface area contributed by atoms with Gasteiger partial charge in [0.25, 0.3) is 0 Å². The summed E-state index contributed by atoms with van der Waals surface area (Å²) in [6.07, 6.45) is 0. The predicted molar refractivity (Wildman–Crippen MR) is 92.5 cm³/mol. The normalized spacial score (nSPS) is 11.8. The van der Waals surface area contributed by atoms with Crippen molar-refractivity contribution in [3.63, 3.8) is 0 Å². The Kier molecular flexibility index (Phi) is 5.71. The third kappa shape index (κ3) is 3.87. The monoisotopic (exact) mass is 316 g/mol. The molecular formula is C18H24N2O3. The van der Waals surface area contributed by atoms with Crippen molar-refractivity contribution in [3.05, 3.63) is 48.0 Å². The minimum atomic E-state index is -0.0101. The fourth-order valence-electron chi connectivity index (χ4n) is 2.55. The lowest BCUT2D eigenvalue weighted by Crippen LogP contribution is -2.30. The Morgan fingerprint density at radius 3 is 2.39 bits per heavy atom. The number of phenolic OH excluding ortho intramolecular Hbond substituents is 1. The first kappa shape index (κ1) is 17.0. The number of phenols is 1. The highest BCUT2D eigenvalue weighted by atomic mass is 16.5. The van der Waals surface area contributed by atoms with Crippen LogP contribution in [-0.4, -0.2) is 32.4 Å². The van der Waals surface area contributed by atoms with Gasteiger partial charge in [0.15, 0.2) is 11.5 Å². The molecule has 0 saturated heterocycles. The zero-order chi connectivity index (χ0) is 16.8. The Hall–Kier alpha value is -2.40. The second-order valence-corrected chi connectivity index (χ2v) is 5.22. The molecule has 1 atom stereocenters. The Balaban J connectivity index is 2.31. The molecule has 2 aromatic rings. The summed E-state index contributed by atoms with van der Waals surface area (Å²) in [5.74, 6) is 1.66. The van der Waals surface area contributed by atoms with E-state index in [0.29, 0.717) is 18.9 Å². The molecular weight excluding hydrogens is 292 g/mol.